The number of aliphatic hydroxyl groups is 2. The maximum atomic E-state index is 10.0. The van der Waals surface area contributed by atoms with E-state index in [0.29, 0.717) is 6.42 Å². The summed E-state index contributed by atoms with van der Waals surface area (Å²) in [6.07, 6.45) is 6.87. The average Bonchev–Trinajstić information content (AvgIpc) is 2.50. The molecule has 0 aromatic rings. The first-order valence-corrected chi connectivity index (χ1v) is 7.65. The molecular weight excluding hydrogens is 264 g/mol. The van der Waals surface area contributed by atoms with E-state index in [-0.39, 0.29) is 6.10 Å². The lowest BCUT2D eigenvalue weighted by molar-refractivity contribution is -0.0146. The van der Waals surface area contributed by atoms with Crippen LogP contribution < -0.4 is 0 Å². The van der Waals surface area contributed by atoms with E-state index in [1.54, 1.807) is 7.11 Å². The molecule has 0 aromatic heterocycles. The van der Waals surface area contributed by atoms with Gasteiger partial charge in [0.25, 0.3) is 0 Å². The van der Waals surface area contributed by atoms with Gasteiger partial charge >= 0.3 is 0 Å². The van der Waals surface area contributed by atoms with Gasteiger partial charge in [-0.05, 0) is 18.3 Å². The van der Waals surface area contributed by atoms with E-state index in [4.69, 9.17) is 9.84 Å². The molecule has 0 bridgehead atoms. The summed E-state index contributed by atoms with van der Waals surface area (Å²) >= 11 is 0. The monoisotopic (exact) mass is 292 g/mol. The van der Waals surface area contributed by atoms with Crippen molar-refractivity contribution in [2.75, 3.05) is 7.11 Å². The zero-order chi connectivity index (χ0) is 15.9. The van der Waals surface area contributed by atoms with Crippen molar-refractivity contribution >= 4 is 0 Å². The van der Waals surface area contributed by atoms with Gasteiger partial charge in [-0.15, -0.1) is 0 Å². The molecular formula is C18H28O3. The molecule has 0 aliphatic carbocycles. The molecule has 2 N–H and O–H groups in total. The molecule has 118 valence electrons. The first-order valence-electron chi connectivity index (χ1n) is 7.65. The second kappa shape index (κ2) is 13.7. The summed E-state index contributed by atoms with van der Waals surface area (Å²) in [7, 11) is 1.62. The first kappa shape index (κ1) is 19.7. The highest BCUT2D eigenvalue weighted by molar-refractivity contribution is 5.28. The Labute approximate surface area is 129 Å². The van der Waals surface area contributed by atoms with Crippen molar-refractivity contribution in [3.05, 3.63) is 12.7 Å². The second-order valence-corrected chi connectivity index (χ2v) is 5.00. The van der Waals surface area contributed by atoms with Gasteiger partial charge in [-0.2, -0.15) is 0 Å². The van der Waals surface area contributed by atoms with E-state index in [9.17, 15) is 5.11 Å². The quantitative estimate of drug-likeness (QED) is 0.370. The molecule has 0 spiro atoms. The molecule has 3 heteroatoms. The molecule has 3 atom stereocenters. The van der Waals surface area contributed by atoms with Crippen LogP contribution in [0.5, 0.6) is 0 Å². The fourth-order valence-corrected chi connectivity index (χ4v) is 1.92. The molecule has 3 nitrogen and oxygen atoms in total. The molecule has 0 aliphatic rings. The summed E-state index contributed by atoms with van der Waals surface area (Å²) in [4.78, 5) is 0. The van der Waals surface area contributed by atoms with Gasteiger partial charge in [0.1, 0.15) is 6.10 Å². The minimum atomic E-state index is -0.848. The summed E-state index contributed by atoms with van der Waals surface area (Å²) in [5.74, 6) is 10.4. The van der Waals surface area contributed by atoms with Gasteiger partial charge in [-0.1, -0.05) is 63.5 Å². The van der Waals surface area contributed by atoms with E-state index in [1.807, 2.05) is 0 Å². The van der Waals surface area contributed by atoms with E-state index in [0.717, 1.165) is 12.8 Å². The Morgan fingerprint density at radius 2 is 1.86 bits per heavy atom. The van der Waals surface area contributed by atoms with Crippen LogP contribution in [0, 0.1) is 23.7 Å². The third-order valence-electron chi connectivity index (χ3n) is 3.23. The third-order valence-corrected chi connectivity index (χ3v) is 3.23. The summed E-state index contributed by atoms with van der Waals surface area (Å²) < 4.78 is 5.32. The second-order valence-electron chi connectivity index (χ2n) is 5.00. The van der Waals surface area contributed by atoms with Gasteiger partial charge in [-0.3, -0.25) is 0 Å². The number of aliphatic hydroxyl groups excluding tert-OH is 2. The van der Waals surface area contributed by atoms with Crippen molar-refractivity contribution < 1.29 is 14.9 Å². The third kappa shape index (κ3) is 11.1. The lowest BCUT2D eigenvalue weighted by atomic mass is 10.0. The Kier molecular flexibility index (Phi) is 12.9. The Balaban J connectivity index is 4.03. The zero-order valence-corrected chi connectivity index (χ0v) is 13.3. The van der Waals surface area contributed by atoms with Crippen LogP contribution in [0.2, 0.25) is 0 Å². The maximum Gasteiger partial charge on any atom is 0.134 e. The zero-order valence-electron chi connectivity index (χ0n) is 13.3. The van der Waals surface area contributed by atoms with Gasteiger partial charge in [0.2, 0.25) is 0 Å². The molecule has 0 unspecified atom stereocenters. The van der Waals surface area contributed by atoms with Crippen molar-refractivity contribution in [1.82, 2.24) is 0 Å². The van der Waals surface area contributed by atoms with Gasteiger partial charge in [0.05, 0.1) is 12.2 Å². The highest BCUT2D eigenvalue weighted by Crippen LogP contribution is 2.13. The van der Waals surface area contributed by atoms with Crippen LogP contribution in [-0.2, 0) is 4.74 Å². The summed E-state index contributed by atoms with van der Waals surface area (Å²) in [6, 6.07) is 0. The number of unbranched alkanes of at least 4 members (excludes halogenated alkanes) is 4. The van der Waals surface area contributed by atoms with Crippen molar-refractivity contribution in [3.63, 3.8) is 0 Å². The van der Waals surface area contributed by atoms with E-state index >= 15 is 0 Å². The Morgan fingerprint density at radius 3 is 2.48 bits per heavy atom. The fraction of sp³-hybridized carbons (Fsp3) is 0.667. The molecule has 0 heterocycles. The SMILES string of the molecule is C=C[C@@H](O)C#CC#CC[C@@H](O)[C@H](CCCCCCC)OC. The van der Waals surface area contributed by atoms with Crippen molar-refractivity contribution in [1.29, 1.82) is 0 Å². The predicted octanol–water partition coefficient (Wildman–Crippen LogP) is 2.67. The van der Waals surface area contributed by atoms with Gasteiger partial charge < -0.3 is 14.9 Å². The summed E-state index contributed by atoms with van der Waals surface area (Å²) in [5, 5.41) is 19.1. The molecule has 0 fully saturated rings. The molecule has 0 saturated heterocycles. The molecule has 0 radical (unpaired) electrons. The van der Waals surface area contributed by atoms with Gasteiger partial charge in [0.15, 0.2) is 0 Å². The van der Waals surface area contributed by atoms with Crippen LogP contribution in [0.4, 0.5) is 0 Å². The maximum absolute atomic E-state index is 10.0. The number of hydrogen-bond donors (Lipinski definition) is 2. The van der Waals surface area contributed by atoms with Crippen LogP contribution >= 0.6 is 0 Å². The Morgan fingerprint density at radius 1 is 1.14 bits per heavy atom. The van der Waals surface area contributed by atoms with Crippen LogP contribution in [0.1, 0.15) is 51.9 Å². The van der Waals surface area contributed by atoms with Crippen molar-refractivity contribution in [3.8, 4) is 23.7 Å². The molecule has 0 aromatic carbocycles. The number of ether oxygens (including phenoxy) is 1. The molecule has 0 saturated carbocycles. The molecule has 21 heavy (non-hydrogen) atoms. The molecule has 0 amide bonds. The lowest BCUT2D eigenvalue weighted by Crippen LogP contribution is -2.27. The van der Waals surface area contributed by atoms with E-state index < -0.39 is 12.2 Å². The topological polar surface area (TPSA) is 49.7 Å². The van der Waals surface area contributed by atoms with E-state index in [2.05, 4.69) is 37.2 Å². The van der Waals surface area contributed by atoms with Crippen LogP contribution in [0.25, 0.3) is 0 Å². The Bertz CT molecular complexity index is 381. The average molecular weight is 292 g/mol. The number of methoxy groups -OCH3 is 1. The normalized spacial score (nSPS) is 14.1. The van der Waals surface area contributed by atoms with Crippen LogP contribution in [0.15, 0.2) is 12.7 Å². The molecule has 0 aliphatic heterocycles. The van der Waals surface area contributed by atoms with Gasteiger partial charge in [-0.25, -0.2) is 0 Å². The highest BCUT2D eigenvalue weighted by Gasteiger charge is 2.16. The minimum Gasteiger partial charge on any atom is -0.389 e. The minimum absolute atomic E-state index is 0.173. The van der Waals surface area contributed by atoms with Gasteiger partial charge in [0, 0.05) is 13.5 Å². The van der Waals surface area contributed by atoms with Crippen LogP contribution in [0.3, 0.4) is 0 Å². The predicted molar refractivity (Wildman–Crippen MR) is 86.6 cm³/mol. The number of rotatable bonds is 10. The molecule has 0 rings (SSSR count). The summed E-state index contributed by atoms with van der Waals surface area (Å²) in [5.41, 5.74) is 0. The van der Waals surface area contributed by atoms with Crippen LogP contribution in [-0.4, -0.2) is 35.6 Å². The lowest BCUT2D eigenvalue weighted by Gasteiger charge is -2.19. The standard InChI is InChI=1S/C18H28O3/c1-4-6-7-8-12-15-18(21-3)17(20)14-11-9-10-13-16(19)5-2/h5,16-20H,2,4,6-8,12,14-15H2,1,3H3/t16-,17-,18+/m1/s1. The van der Waals surface area contributed by atoms with E-state index in [1.165, 1.54) is 31.8 Å². The smallest absolute Gasteiger partial charge is 0.134 e. The fourth-order valence-electron chi connectivity index (χ4n) is 1.92. The van der Waals surface area contributed by atoms with Crippen molar-refractivity contribution in [2.45, 2.75) is 70.2 Å². The Hall–Kier alpha value is -1.26. The first-order chi connectivity index (χ1) is 10.2. The highest BCUT2D eigenvalue weighted by atomic mass is 16.5. The largest absolute Gasteiger partial charge is 0.389 e. The summed E-state index contributed by atoms with van der Waals surface area (Å²) in [6.45, 7) is 5.60. The number of hydrogen-bond acceptors (Lipinski definition) is 3. The van der Waals surface area contributed by atoms with Crippen molar-refractivity contribution in [2.24, 2.45) is 0 Å².